The van der Waals surface area contributed by atoms with Gasteiger partial charge in [-0.05, 0) is 29.8 Å². The lowest BCUT2D eigenvalue weighted by Crippen LogP contribution is -2.34. The van der Waals surface area contributed by atoms with E-state index in [0.29, 0.717) is 22.3 Å². The maximum absolute atomic E-state index is 13.8. The molecular formula is C21H18FN5O2. The predicted octanol–water partition coefficient (Wildman–Crippen LogP) is 2.17. The highest BCUT2D eigenvalue weighted by molar-refractivity contribution is 5.81. The van der Waals surface area contributed by atoms with Crippen molar-refractivity contribution in [2.24, 2.45) is 7.05 Å². The van der Waals surface area contributed by atoms with Gasteiger partial charge in [-0.1, -0.05) is 24.3 Å². The van der Waals surface area contributed by atoms with Gasteiger partial charge in [0.2, 0.25) is 11.3 Å². The third-order valence-electron chi connectivity index (χ3n) is 4.66. The van der Waals surface area contributed by atoms with Crippen LogP contribution >= 0.6 is 0 Å². The zero-order chi connectivity index (χ0) is 20.4. The number of fused-ring (bicyclic) bond motifs is 1. The van der Waals surface area contributed by atoms with E-state index in [1.54, 1.807) is 60.4 Å². The van der Waals surface area contributed by atoms with E-state index < -0.39 is 11.9 Å². The van der Waals surface area contributed by atoms with Crippen molar-refractivity contribution < 1.29 is 9.18 Å². The smallest absolute Gasteiger partial charge is 0.242 e. The average molecular weight is 391 g/mol. The molecule has 0 aliphatic heterocycles. The standard InChI is InChI=1S/C21H18FN5O2/c1-26-10-9-23-21(26)20(14-5-4-6-15(22)11-14)25-19(29)13-27-17-8-3-2-7-16(17)18(28)12-24-27/h2-12,20H,13H2,1H3,(H,25,29). The zero-order valence-electron chi connectivity index (χ0n) is 15.6. The van der Waals surface area contributed by atoms with Crippen LogP contribution in [0, 0.1) is 5.82 Å². The van der Waals surface area contributed by atoms with Gasteiger partial charge in [0, 0.05) is 24.8 Å². The van der Waals surface area contributed by atoms with E-state index in [4.69, 9.17) is 0 Å². The normalized spacial score (nSPS) is 12.1. The van der Waals surface area contributed by atoms with Crippen LogP contribution < -0.4 is 10.7 Å². The van der Waals surface area contributed by atoms with Crippen molar-refractivity contribution >= 4 is 16.8 Å². The first-order chi connectivity index (χ1) is 14.0. The molecule has 4 aromatic rings. The molecule has 0 saturated heterocycles. The van der Waals surface area contributed by atoms with Crippen LogP contribution in [0.5, 0.6) is 0 Å². The SMILES string of the molecule is Cn1ccnc1C(NC(=O)Cn1ncc(=O)c2ccccc21)c1cccc(F)c1. The van der Waals surface area contributed by atoms with Gasteiger partial charge in [0.15, 0.2) is 0 Å². The Balaban J connectivity index is 1.65. The van der Waals surface area contributed by atoms with E-state index in [-0.39, 0.29) is 17.9 Å². The van der Waals surface area contributed by atoms with Gasteiger partial charge < -0.3 is 9.88 Å². The number of aromatic nitrogens is 4. The number of para-hydroxylation sites is 1. The minimum Gasteiger partial charge on any atom is -0.340 e. The average Bonchev–Trinajstić information content (AvgIpc) is 3.14. The Morgan fingerprint density at radius 3 is 2.79 bits per heavy atom. The Labute approximate surface area is 165 Å². The summed E-state index contributed by atoms with van der Waals surface area (Å²) in [7, 11) is 1.80. The van der Waals surface area contributed by atoms with Gasteiger partial charge in [0.1, 0.15) is 24.2 Å². The highest BCUT2D eigenvalue weighted by Gasteiger charge is 2.21. The lowest BCUT2D eigenvalue weighted by Gasteiger charge is -2.20. The molecule has 2 aromatic carbocycles. The fourth-order valence-electron chi connectivity index (χ4n) is 3.27. The molecule has 2 aromatic heterocycles. The summed E-state index contributed by atoms with van der Waals surface area (Å²) in [4.78, 5) is 29.1. The van der Waals surface area contributed by atoms with Crippen LogP contribution in [0.15, 0.2) is 71.9 Å². The molecule has 4 rings (SSSR count). The number of aryl methyl sites for hydroxylation is 1. The predicted molar refractivity (Wildman–Crippen MR) is 106 cm³/mol. The number of carbonyl (C=O) groups is 1. The van der Waals surface area contributed by atoms with E-state index in [1.165, 1.54) is 23.0 Å². The third kappa shape index (κ3) is 3.77. The van der Waals surface area contributed by atoms with Crippen LogP contribution in [0.2, 0.25) is 0 Å². The molecule has 0 aliphatic rings. The molecule has 29 heavy (non-hydrogen) atoms. The first kappa shape index (κ1) is 18.5. The summed E-state index contributed by atoms with van der Waals surface area (Å²) < 4.78 is 17.0. The molecule has 1 atom stereocenters. The highest BCUT2D eigenvalue weighted by Crippen LogP contribution is 2.21. The fraction of sp³-hybridized carbons (Fsp3) is 0.143. The molecule has 8 heteroatoms. The van der Waals surface area contributed by atoms with Gasteiger partial charge in [-0.2, -0.15) is 5.10 Å². The molecule has 0 aliphatic carbocycles. The minimum absolute atomic E-state index is 0.100. The number of halogens is 1. The highest BCUT2D eigenvalue weighted by atomic mass is 19.1. The maximum atomic E-state index is 13.8. The second-order valence-electron chi connectivity index (χ2n) is 6.64. The molecule has 146 valence electrons. The van der Waals surface area contributed by atoms with Gasteiger partial charge >= 0.3 is 0 Å². The van der Waals surface area contributed by atoms with Gasteiger partial charge in [-0.3, -0.25) is 14.3 Å². The van der Waals surface area contributed by atoms with Crippen LogP contribution in [0.25, 0.3) is 10.9 Å². The van der Waals surface area contributed by atoms with Crippen LogP contribution in [0.1, 0.15) is 17.4 Å². The van der Waals surface area contributed by atoms with E-state index in [9.17, 15) is 14.0 Å². The lowest BCUT2D eigenvalue weighted by molar-refractivity contribution is -0.122. The van der Waals surface area contributed by atoms with Gasteiger partial charge in [0.25, 0.3) is 0 Å². The Kier molecular flexibility index (Phi) is 4.90. The Hall–Kier alpha value is -3.81. The second-order valence-corrected chi connectivity index (χ2v) is 6.64. The van der Waals surface area contributed by atoms with Crippen LogP contribution in [0.3, 0.4) is 0 Å². The number of hydrogen-bond donors (Lipinski definition) is 1. The maximum Gasteiger partial charge on any atom is 0.242 e. The molecule has 0 saturated carbocycles. The van der Waals surface area contributed by atoms with Crippen molar-refractivity contribution in [1.82, 2.24) is 24.6 Å². The van der Waals surface area contributed by atoms with Crippen molar-refractivity contribution in [1.29, 1.82) is 0 Å². The van der Waals surface area contributed by atoms with Crippen molar-refractivity contribution in [3.8, 4) is 0 Å². The van der Waals surface area contributed by atoms with E-state index in [0.717, 1.165) is 0 Å². The number of carbonyl (C=O) groups excluding carboxylic acids is 1. The number of nitrogens with one attached hydrogen (secondary N) is 1. The summed E-state index contributed by atoms with van der Waals surface area (Å²) in [5, 5.41) is 7.47. The van der Waals surface area contributed by atoms with Crippen molar-refractivity contribution in [3.63, 3.8) is 0 Å². The number of imidazole rings is 1. The second kappa shape index (κ2) is 7.67. The molecule has 0 fully saturated rings. The zero-order valence-corrected chi connectivity index (χ0v) is 15.6. The summed E-state index contributed by atoms with van der Waals surface area (Å²) in [5.41, 5.74) is 0.933. The lowest BCUT2D eigenvalue weighted by atomic mass is 10.1. The third-order valence-corrected chi connectivity index (χ3v) is 4.66. The molecule has 1 N–H and O–H groups in total. The summed E-state index contributed by atoms with van der Waals surface area (Å²) >= 11 is 0. The monoisotopic (exact) mass is 391 g/mol. The fourth-order valence-corrected chi connectivity index (χ4v) is 3.27. The Morgan fingerprint density at radius 1 is 1.21 bits per heavy atom. The molecule has 0 spiro atoms. The molecule has 2 heterocycles. The van der Waals surface area contributed by atoms with Crippen molar-refractivity contribution in [3.05, 3.63) is 94.5 Å². The summed E-state index contributed by atoms with van der Waals surface area (Å²) in [6.45, 7) is -0.100. The summed E-state index contributed by atoms with van der Waals surface area (Å²) in [5.74, 6) is -0.172. The topological polar surface area (TPSA) is 81.8 Å². The van der Waals surface area contributed by atoms with Gasteiger partial charge in [-0.15, -0.1) is 0 Å². The first-order valence-electron chi connectivity index (χ1n) is 9.00. The molecule has 1 amide bonds. The summed E-state index contributed by atoms with van der Waals surface area (Å²) in [6.07, 6.45) is 4.56. The molecule has 0 radical (unpaired) electrons. The number of nitrogens with zero attached hydrogens (tertiary/aromatic N) is 4. The van der Waals surface area contributed by atoms with Gasteiger partial charge in [0.05, 0.1) is 11.7 Å². The number of rotatable bonds is 5. The van der Waals surface area contributed by atoms with Crippen LogP contribution in [0.4, 0.5) is 4.39 Å². The van der Waals surface area contributed by atoms with Crippen LogP contribution in [-0.2, 0) is 18.4 Å². The number of amides is 1. The van der Waals surface area contributed by atoms with Crippen LogP contribution in [-0.4, -0.2) is 25.2 Å². The largest absolute Gasteiger partial charge is 0.340 e. The van der Waals surface area contributed by atoms with Gasteiger partial charge in [-0.25, -0.2) is 9.37 Å². The van der Waals surface area contributed by atoms with Crippen molar-refractivity contribution in [2.45, 2.75) is 12.6 Å². The molecule has 0 bridgehead atoms. The molecule has 7 nitrogen and oxygen atoms in total. The molecule has 1 unspecified atom stereocenters. The van der Waals surface area contributed by atoms with E-state index in [2.05, 4.69) is 15.4 Å². The number of hydrogen-bond acceptors (Lipinski definition) is 4. The number of benzene rings is 2. The quantitative estimate of drug-likeness (QED) is 0.565. The van der Waals surface area contributed by atoms with Crippen molar-refractivity contribution in [2.75, 3.05) is 0 Å². The van der Waals surface area contributed by atoms with E-state index >= 15 is 0 Å². The first-order valence-corrected chi connectivity index (χ1v) is 9.00. The summed E-state index contributed by atoms with van der Waals surface area (Å²) in [6, 6.07) is 12.4. The Morgan fingerprint density at radius 2 is 2.03 bits per heavy atom. The van der Waals surface area contributed by atoms with E-state index in [1.807, 2.05) is 0 Å². The Bertz CT molecular complexity index is 1250. The minimum atomic E-state index is -0.635. The molecular weight excluding hydrogens is 373 g/mol.